The van der Waals surface area contributed by atoms with Gasteiger partial charge in [0.2, 0.25) is 5.89 Å². The Morgan fingerprint density at radius 3 is 2.90 bits per heavy atom. The van der Waals surface area contributed by atoms with Crippen LogP contribution in [-0.4, -0.2) is 16.7 Å². The normalized spacial score (nSPS) is 22.3. The van der Waals surface area contributed by atoms with E-state index in [-0.39, 0.29) is 5.54 Å². The van der Waals surface area contributed by atoms with Crippen molar-refractivity contribution in [1.29, 1.82) is 0 Å². The molecule has 1 saturated heterocycles. The Morgan fingerprint density at radius 1 is 1.35 bits per heavy atom. The van der Waals surface area contributed by atoms with Gasteiger partial charge in [0.25, 0.3) is 0 Å². The molecule has 0 saturated carbocycles. The second kappa shape index (κ2) is 5.37. The standard InChI is InChI=1S/C16H21N3O/c1-3-16(9-6-10-17-16)15-18-14(19-20-15)11-13-8-5-4-7-12(13)2/h4-5,7-8,17H,3,6,9-11H2,1-2H3. The highest BCUT2D eigenvalue weighted by molar-refractivity contribution is 5.28. The molecule has 106 valence electrons. The SMILES string of the molecule is CCC1(c2nc(Cc3ccccc3C)no2)CCCN1. The number of nitrogens with one attached hydrogen (secondary N) is 1. The summed E-state index contributed by atoms with van der Waals surface area (Å²) in [6.45, 7) is 5.31. The van der Waals surface area contributed by atoms with Crippen molar-refractivity contribution < 1.29 is 4.52 Å². The van der Waals surface area contributed by atoms with Crippen LogP contribution in [-0.2, 0) is 12.0 Å². The van der Waals surface area contributed by atoms with Crippen molar-refractivity contribution in [2.75, 3.05) is 6.54 Å². The Hall–Kier alpha value is -1.68. The molecule has 4 nitrogen and oxygen atoms in total. The van der Waals surface area contributed by atoms with E-state index in [0.29, 0.717) is 0 Å². The molecule has 4 heteroatoms. The molecule has 1 N–H and O–H groups in total. The second-order valence-electron chi connectivity index (χ2n) is 5.59. The van der Waals surface area contributed by atoms with Gasteiger partial charge in [-0.1, -0.05) is 36.3 Å². The Balaban J connectivity index is 1.82. The highest BCUT2D eigenvalue weighted by Gasteiger charge is 2.38. The van der Waals surface area contributed by atoms with Crippen LogP contribution >= 0.6 is 0 Å². The van der Waals surface area contributed by atoms with Gasteiger partial charge in [0, 0.05) is 6.42 Å². The lowest BCUT2D eigenvalue weighted by atomic mass is 9.94. The molecule has 1 unspecified atom stereocenters. The third kappa shape index (κ3) is 2.36. The molecule has 0 spiro atoms. The summed E-state index contributed by atoms with van der Waals surface area (Å²) >= 11 is 0. The largest absolute Gasteiger partial charge is 0.337 e. The third-order valence-corrected chi connectivity index (χ3v) is 4.33. The van der Waals surface area contributed by atoms with Crippen molar-refractivity contribution in [3.05, 3.63) is 47.1 Å². The molecule has 1 aromatic carbocycles. The fourth-order valence-electron chi connectivity index (χ4n) is 2.94. The number of hydrogen-bond donors (Lipinski definition) is 1. The monoisotopic (exact) mass is 271 g/mol. The van der Waals surface area contributed by atoms with Gasteiger partial charge >= 0.3 is 0 Å². The lowest BCUT2D eigenvalue weighted by Crippen LogP contribution is -2.36. The highest BCUT2D eigenvalue weighted by Crippen LogP contribution is 2.32. The third-order valence-electron chi connectivity index (χ3n) is 4.33. The maximum absolute atomic E-state index is 5.53. The van der Waals surface area contributed by atoms with Crippen molar-refractivity contribution in [3.8, 4) is 0 Å². The van der Waals surface area contributed by atoms with Crippen LogP contribution in [0.3, 0.4) is 0 Å². The number of aryl methyl sites for hydroxylation is 1. The maximum Gasteiger partial charge on any atom is 0.246 e. The molecular weight excluding hydrogens is 250 g/mol. The average molecular weight is 271 g/mol. The minimum Gasteiger partial charge on any atom is -0.337 e. The van der Waals surface area contributed by atoms with Crippen molar-refractivity contribution in [3.63, 3.8) is 0 Å². The molecule has 2 heterocycles. The van der Waals surface area contributed by atoms with Gasteiger partial charge in [0.1, 0.15) is 0 Å². The van der Waals surface area contributed by atoms with Crippen LogP contribution in [0.1, 0.15) is 49.0 Å². The number of hydrogen-bond acceptors (Lipinski definition) is 4. The van der Waals surface area contributed by atoms with Crippen LogP contribution in [0, 0.1) is 6.92 Å². The molecule has 3 rings (SSSR count). The van der Waals surface area contributed by atoms with E-state index in [0.717, 1.165) is 37.5 Å². The first-order chi connectivity index (χ1) is 9.73. The van der Waals surface area contributed by atoms with E-state index >= 15 is 0 Å². The van der Waals surface area contributed by atoms with E-state index < -0.39 is 0 Å². The Morgan fingerprint density at radius 2 is 2.20 bits per heavy atom. The summed E-state index contributed by atoms with van der Waals surface area (Å²) in [5, 5.41) is 7.69. The zero-order chi connectivity index (χ0) is 14.0. The van der Waals surface area contributed by atoms with E-state index in [1.54, 1.807) is 0 Å². The van der Waals surface area contributed by atoms with Gasteiger partial charge in [-0.15, -0.1) is 0 Å². The minimum absolute atomic E-state index is 0.100. The predicted octanol–water partition coefficient (Wildman–Crippen LogP) is 2.96. The Kier molecular flexibility index (Phi) is 3.57. The van der Waals surface area contributed by atoms with Crippen molar-refractivity contribution in [1.82, 2.24) is 15.5 Å². The quantitative estimate of drug-likeness (QED) is 0.929. The van der Waals surface area contributed by atoms with Gasteiger partial charge in [0.05, 0.1) is 5.54 Å². The van der Waals surface area contributed by atoms with Crippen LogP contribution in [0.2, 0.25) is 0 Å². The van der Waals surface area contributed by atoms with Gasteiger partial charge < -0.3 is 9.84 Å². The topological polar surface area (TPSA) is 51.0 Å². The molecule has 1 aliphatic rings. The molecule has 0 radical (unpaired) electrons. The molecule has 0 aliphatic carbocycles. The summed E-state index contributed by atoms with van der Waals surface area (Å²) in [6, 6.07) is 8.33. The smallest absolute Gasteiger partial charge is 0.246 e. The molecule has 1 aliphatic heterocycles. The summed E-state index contributed by atoms with van der Waals surface area (Å²) in [7, 11) is 0. The summed E-state index contributed by atoms with van der Waals surface area (Å²) in [5.74, 6) is 1.52. The first kappa shape index (κ1) is 13.3. The number of rotatable bonds is 4. The van der Waals surface area contributed by atoms with Crippen LogP contribution in [0.4, 0.5) is 0 Å². The van der Waals surface area contributed by atoms with Gasteiger partial charge in [0.15, 0.2) is 5.82 Å². The fourth-order valence-corrected chi connectivity index (χ4v) is 2.94. The zero-order valence-corrected chi connectivity index (χ0v) is 12.1. The zero-order valence-electron chi connectivity index (χ0n) is 12.1. The molecule has 1 atom stereocenters. The maximum atomic E-state index is 5.53. The molecule has 2 aromatic rings. The molecular formula is C16H21N3O. The molecule has 20 heavy (non-hydrogen) atoms. The molecule has 1 fully saturated rings. The van der Waals surface area contributed by atoms with Crippen LogP contribution in [0.25, 0.3) is 0 Å². The average Bonchev–Trinajstić information content (AvgIpc) is 3.11. The van der Waals surface area contributed by atoms with E-state index in [1.165, 1.54) is 17.5 Å². The van der Waals surface area contributed by atoms with Crippen LogP contribution in [0.5, 0.6) is 0 Å². The van der Waals surface area contributed by atoms with Crippen molar-refractivity contribution in [2.24, 2.45) is 0 Å². The van der Waals surface area contributed by atoms with E-state index in [4.69, 9.17) is 4.52 Å². The van der Waals surface area contributed by atoms with Gasteiger partial charge in [-0.05, 0) is 43.9 Å². The molecule has 1 aromatic heterocycles. The number of benzene rings is 1. The first-order valence-electron chi connectivity index (χ1n) is 7.36. The summed E-state index contributed by atoms with van der Waals surface area (Å²) in [4.78, 5) is 4.63. The van der Waals surface area contributed by atoms with Crippen LogP contribution in [0.15, 0.2) is 28.8 Å². The first-order valence-corrected chi connectivity index (χ1v) is 7.36. The fraction of sp³-hybridized carbons (Fsp3) is 0.500. The molecule has 0 amide bonds. The van der Waals surface area contributed by atoms with Crippen LogP contribution < -0.4 is 5.32 Å². The lowest BCUT2D eigenvalue weighted by molar-refractivity contribution is 0.249. The second-order valence-corrected chi connectivity index (χ2v) is 5.59. The summed E-state index contributed by atoms with van der Waals surface area (Å²) < 4.78 is 5.53. The summed E-state index contributed by atoms with van der Waals surface area (Å²) in [6.07, 6.45) is 3.97. The summed E-state index contributed by atoms with van der Waals surface area (Å²) in [5.41, 5.74) is 2.42. The van der Waals surface area contributed by atoms with E-state index in [9.17, 15) is 0 Å². The van der Waals surface area contributed by atoms with E-state index in [1.807, 2.05) is 0 Å². The molecule has 0 bridgehead atoms. The van der Waals surface area contributed by atoms with Gasteiger partial charge in [-0.2, -0.15) is 4.98 Å². The highest BCUT2D eigenvalue weighted by atomic mass is 16.5. The Labute approximate surface area is 119 Å². The van der Waals surface area contributed by atoms with E-state index in [2.05, 4.69) is 53.6 Å². The Bertz CT molecular complexity index is 585. The van der Waals surface area contributed by atoms with Crippen molar-refractivity contribution >= 4 is 0 Å². The number of aromatic nitrogens is 2. The lowest BCUT2D eigenvalue weighted by Gasteiger charge is -2.22. The minimum atomic E-state index is -0.100. The van der Waals surface area contributed by atoms with Gasteiger partial charge in [-0.3, -0.25) is 0 Å². The number of nitrogens with zero attached hydrogens (tertiary/aromatic N) is 2. The van der Waals surface area contributed by atoms with Crippen molar-refractivity contribution in [2.45, 2.75) is 45.1 Å². The van der Waals surface area contributed by atoms with Gasteiger partial charge in [-0.25, -0.2) is 0 Å². The predicted molar refractivity (Wildman–Crippen MR) is 77.5 cm³/mol.